The molecule has 0 saturated carbocycles. The molecule has 3 aliphatic rings. The number of benzene rings is 3. The van der Waals surface area contributed by atoms with Crippen LogP contribution in [0, 0.1) is 20.9 Å². The van der Waals surface area contributed by atoms with Crippen molar-refractivity contribution in [1.82, 2.24) is 4.90 Å². The number of ketones is 2. The van der Waals surface area contributed by atoms with Gasteiger partial charge >= 0.3 is 11.9 Å². The molecule has 0 fully saturated rings. The molecule has 1 heterocycles. The number of Topliss-reactive ketones (excluding diaryl/α,β-unsaturated/α-hetero) is 2. The van der Waals surface area contributed by atoms with Crippen LogP contribution in [-0.4, -0.2) is 21.4 Å². The molecular formula is C37H33Cl2F3N2O5. The van der Waals surface area contributed by atoms with Crippen molar-refractivity contribution in [2.24, 2.45) is 10.8 Å². The molecule has 2 aliphatic carbocycles. The topological polar surface area (TPSA) is 89.8 Å². The maximum atomic E-state index is 14.2. The minimum absolute atomic E-state index is 0.0913. The SMILES string of the molecule is CC1(C)CC(=O)C2=C(C1)N(Cc1ccccc1)C1=C(C(=O)CC(C)(C)C1)C2c1cc(Cl)c(Oc2ccc(C(F)(F)F)cc2[N+](=O)[O-])c(Cl)c1. The molecule has 6 rings (SSSR count). The van der Waals surface area contributed by atoms with Gasteiger partial charge in [-0.2, -0.15) is 13.2 Å². The first kappa shape index (κ1) is 34.7. The van der Waals surface area contributed by atoms with Gasteiger partial charge in [-0.15, -0.1) is 0 Å². The fourth-order valence-electron chi connectivity index (χ4n) is 7.21. The Morgan fingerprint density at radius 3 is 1.88 bits per heavy atom. The summed E-state index contributed by atoms with van der Waals surface area (Å²) < 4.78 is 45.6. The van der Waals surface area contributed by atoms with E-state index in [2.05, 4.69) is 4.90 Å². The molecule has 0 unspecified atom stereocenters. The number of carbonyl (C=O) groups excluding carboxylic acids is 2. The number of rotatable bonds is 6. The average molecular weight is 714 g/mol. The normalized spacial score (nSPS) is 19.2. The third-order valence-corrected chi connectivity index (χ3v) is 9.82. The highest BCUT2D eigenvalue weighted by Crippen LogP contribution is 2.56. The highest BCUT2D eigenvalue weighted by molar-refractivity contribution is 6.37. The summed E-state index contributed by atoms with van der Waals surface area (Å²) in [5.41, 5.74) is 1.35. The molecule has 0 spiro atoms. The summed E-state index contributed by atoms with van der Waals surface area (Å²) in [6, 6.07) is 14.7. The number of nitrogens with zero attached hydrogens (tertiary/aromatic N) is 2. The second-order valence-electron chi connectivity index (χ2n) is 14.5. The Hall–Kier alpha value is -4.15. The Kier molecular flexibility index (Phi) is 8.72. The highest BCUT2D eigenvalue weighted by atomic mass is 35.5. The van der Waals surface area contributed by atoms with Gasteiger partial charge in [0.2, 0.25) is 5.75 Å². The molecule has 3 aromatic rings. The minimum atomic E-state index is -4.81. The van der Waals surface area contributed by atoms with E-state index in [1.807, 2.05) is 58.0 Å². The monoisotopic (exact) mass is 712 g/mol. The van der Waals surface area contributed by atoms with Crippen molar-refractivity contribution in [3.8, 4) is 11.5 Å². The molecule has 49 heavy (non-hydrogen) atoms. The Balaban J connectivity index is 1.50. The number of alkyl halides is 3. The van der Waals surface area contributed by atoms with E-state index in [4.69, 9.17) is 27.9 Å². The van der Waals surface area contributed by atoms with E-state index in [9.17, 15) is 32.9 Å². The molecule has 0 N–H and O–H groups in total. The van der Waals surface area contributed by atoms with Crippen LogP contribution in [0.15, 0.2) is 83.2 Å². The van der Waals surface area contributed by atoms with E-state index in [0.717, 1.165) is 23.0 Å². The van der Waals surface area contributed by atoms with Crippen LogP contribution in [0.3, 0.4) is 0 Å². The van der Waals surface area contributed by atoms with Crippen LogP contribution in [0.5, 0.6) is 11.5 Å². The van der Waals surface area contributed by atoms with Crippen molar-refractivity contribution in [1.29, 1.82) is 0 Å². The molecule has 12 heteroatoms. The van der Waals surface area contributed by atoms with Crippen LogP contribution >= 0.6 is 23.2 Å². The first-order valence-corrected chi connectivity index (χ1v) is 16.5. The Morgan fingerprint density at radius 1 is 0.857 bits per heavy atom. The Bertz CT molecular complexity index is 1890. The van der Waals surface area contributed by atoms with Crippen molar-refractivity contribution >= 4 is 40.5 Å². The zero-order chi connectivity index (χ0) is 35.6. The van der Waals surface area contributed by atoms with Gasteiger partial charge in [0.1, 0.15) is 0 Å². The lowest BCUT2D eigenvalue weighted by molar-refractivity contribution is -0.385. The summed E-state index contributed by atoms with van der Waals surface area (Å²) in [4.78, 5) is 41.2. The number of nitro benzene ring substituents is 1. The summed E-state index contributed by atoms with van der Waals surface area (Å²) in [5.74, 6) is -1.67. The maximum absolute atomic E-state index is 14.2. The lowest BCUT2D eigenvalue weighted by atomic mass is 9.63. The summed E-state index contributed by atoms with van der Waals surface area (Å²) >= 11 is 13.4. The molecule has 0 radical (unpaired) electrons. The van der Waals surface area contributed by atoms with Crippen molar-refractivity contribution in [2.75, 3.05) is 0 Å². The van der Waals surface area contributed by atoms with Crippen LogP contribution < -0.4 is 4.74 Å². The van der Waals surface area contributed by atoms with Gasteiger partial charge in [0.05, 0.1) is 20.5 Å². The molecule has 3 aromatic carbocycles. The summed E-state index contributed by atoms with van der Waals surface area (Å²) in [6.45, 7) is 8.66. The molecular weight excluding hydrogens is 680 g/mol. The highest BCUT2D eigenvalue weighted by Gasteiger charge is 2.49. The van der Waals surface area contributed by atoms with Crippen molar-refractivity contribution < 1.29 is 32.4 Å². The second-order valence-corrected chi connectivity index (χ2v) is 15.3. The molecule has 7 nitrogen and oxygen atoms in total. The fourth-order valence-corrected chi connectivity index (χ4v) is 7.80. The molecule has 0 saturated heterocycles. The van der Waals surface area contributed by atoms with Crippen molar-refractivity contribution in [3.63, 3.8) is 0 Å². The molecule has 0 aromatic heterocycles. The average Bonchev–Trinajstić information content (AvgIpc) is 2.98. The van der Waals surface area contributed by atoms with Crippen molar-refractivity contribution in [2.45, 2.75) is 72.0 Å². The van der Waals surface area contributed by atoms with Crippen molar-refractivity contribution in [3.05, 3.63) is 120 Å². The molecule has 0 amide bonds. The predicted octanol–water partition coefficient (Wildman–Crippen LogP) is 10.6. The number of carbonyl (C=O) groups is 2. The molecule has 256 valence electrons. The standard InChI is InChI=1S/C37H33Cl2F3N2O5/c1-35(2)15-26-32(28(45)17-35)31(33-27(16-36(3,4)18-29(33)46)43(26)19-20-8-6-5-7-9-20)21-12-23(38)34(24(39)13-21)49-30-11-10-22(37(40,41)42)14-25(30)44(47)48/h5-14,31H,15-19H2,1-4H3. The molecule has 0 bridgehead atoms. The Labute approximate surface area is 291 Å². The number of nitro groups is 1. The smallest absolute Gasteiger partial charge is 0.416 e. The van der Waals surface area contributed by atoms with E-state index >= 15 is 0 Å². The fraction of sp³-hybridized carbons (Fsp3) is 0.351. The first-order valence-electron chi connectivity index (χ1n) is 15.7. The number of hydrogen-bond acceptors (Lipinski definition) is 6. The van der Waals surface area contributed by atoms with Gasteiger partial charge in [0.15, 0.2) is 17.3 Å². The van der Waals surface area contributed by atoms with E-state index < -0.39 is 34.0 Å². The number of ether oxygens (including phenoxy) is 1. The van der Waals surface area contributed by atoms with Gasteiger partial charge in [-0.25, -0.2) is 0 Å². The summed E-state index contributed by atoms with van der Waals surface area (Å²) in [6.07, 6.45) is -3.10. The van der Waals surface area contributed by atoms with Gasteiger partial charge in [0.25, 0.3) is 0 Å². The summed E-state index contributed by atoms with van der Waals surface area (Å²) in [5, 5.41) is 11.5. The molecule has 1 aliphatic heterocycles. The maximum Gasteiger partial charge on any atom is 0.416 e. The van der Waals surface area contributed by atoms with E-state index in [1.165, 1.54) is 12.1 Å². The Morgan fingerprint density at radius 2 is 1.39 bits per heavy atom. The quantitative estimate of drug-likeness (QED) is 0.187. The zero-order valence-corrected chi connectivity index (χ0v) is 28.7. The third kappa shape index (κ3) is 6.73. The minimum Gasteiger partial charge on any atom is -0.447 e. The van der Waals surface area contributed by atoms with Crippen LogP contribution in [-0.2, 0) is 22.3 Å². The number of allylic oxidation sites excluding steroid dienone is 4. The number of hydrogen-bond donors (Lipinski definition) is 0. The van der Waals surface area contributed by atoms with Gasteiger partial charge in [0, 0.05) is 53.9 Å². The van der Waals surface area contributed by atoms with Gasteiger partial charge in [-0.3, -0.25) is 19.7 Å². The predicted molar refractivity (Wildman–Crippen MR) is 179 cm³/mol. The number of halogens is 5. The lowest BCUT2D eigenvalue weighted by Crippen LogP contribution is -2.44. The lowest BCUT2D eigenvalue weighted by Gasteiger charge is -2.49. The molecule has 0 atom stereocenters. The zero-order valence-electron chi connectivity index (χ0n) is 27.2. The van der Waals surface area contributed by atoms with E-state index in [-0.39, 0.29) is 51.0 Å². The van der Waals surface area contributed by atoms with Crippen LogP contribution in [0.4, 0.5) is 18.9 Å². The van der Waals surface area contributed by atoms with Gasteiger partial charge < -0.3 is 9.64 Å². The van der Waals surface area contributed by atoms with Gasteiger partial charge in [-0.05, 0) is 59.1 Å². The second kappa shape index (κ2) is 12.3. The van der Waals surface area contributed by atoms with Crippen LogP contribution in [0.1, 0.15) is 76.0 Å². The summed E-state index contributed by atoms with van der Waals surface area (Å²) in [7, 11) is 0. The van der Waals surface area contributed by atoms with E-state index in [0.29, 0.717) is 48.2 Å². The third-order valence-electron chi connectivity index (χ3n) is 9.25. The van der Waals surface area contributed by atoms with Crippen LogP contribution in [0.25, 0.3) is 0 Å². The van der Waals surface area contributed by atoms with Gasteiger partial charge in [-0.1, -0.05) is 81.2 Å². The van der Waals surface area contributed by atoms with E-state index in [1.54, 1.807) is 0 Å². The first-order chi connectivity index (χ1) is 22.8. The van der Waals surface area contributed by atoms with Crippen LogP contribution in [0.2, 0.25) is 10.0 Å². The largest absolute Gasteiger partial charge is 0.447 e.